The van der Waals surface area contributed by atoms with Crippen molar-refractivity contribution in [3.63, 3.8) is 0 Å². The summed E-state index contributed by atoms with van der Waals surface area (Å²) in [4.78, 5) is 57.0. The van der Waals surface area contributed by atoms with Gasteiger partial charge in [-0.2, -0.15) is 0 Å². The first-order valence-electron chi connectivity index (χ1n) is 18.6. The summed E-state index contributed by atoms with van der Waals surface area (Å²) in [6.45, 7) is 4.79. The molecule has 8 unspecified atom stereocenters. The number of Topliss-reactive ketones (excluding diaryl/α,β-unsaturated/α-hetero) is 1. The molecule has 2 saturated carbocycles. The molecule has 3 aromatic carbocycles. The minimum atomic E-state index is -2.22. The molecule has 57 heavy (non-hydrogen) atoms. The van der Waals surface area contributed by atoms with Gasteiger partial charge in [0.2, 0.25) is 0 Å². The van der Waals surface area contributed by atoms with Crippen molar-refractivity contribution in [1.82, 2.24) is 0 Å². The van der Waals surface area contributed by atoms with Crippen LogP contribution in [0.4, 0.5) is 0 Å². The van der Waals surface area contributed by atoms with Crippen LogP contribution >= 0.6 is 0 Å². The first kappa shape index (κ1) is 43.0. The predicted octanol–water partition coefficient (Wildman–Crippen LogP) is 3.77. The van der Waals surface area contributed by atoms with Crippen molar-refractivity contribution >= 4 is 23.7 Å². The minimum absolute atomic E-state index is 0. The Balaban J connectivity index is 0.00000549. The third-order valence-electron chi connectivity index (χ3n) is 12.3. The molecule has 0 aromatic heterocycles. The van der Waals surface area contributed by atoms with Gasteiger partial charge in [-0.25, -0.2) is 14.4 Å². The van der Waals surface area contributed by atoms with Gasteiger partial charge in [0.1, 0.15) is 34.9 Å². The number of ether oxygens (including phenoxy) is 6. The number of aliphatic hydroxyl groups excluding tert-OH is 1. The van der Waals surface area contributed by atoms with Crippen LogP contribution in [0.15, 0.2) is 102 Å². The van der Waals surface area contributed by atoms with E-state index >= 15 is 4.79 Å². The van der Waals surface area contributed by atoms with Crippen LogP contribution in [-0.4, -0.2) is 101 Å². The van der Waals surface area contributed by atoms with E-state index < -0.39 is 102 Å². The van der Waals surface area contributed by atoms with Crippen molar-refractivity contribution in [2.75, 3.05) is 19.8 Å². The number of carbonyl (C=O) groups is 4. The molecule has 1 radical (unpaired) electrons. The third-order valence-corrected chi connectivity index (χ3v) is 12.3. The van der Waals surface area contributed by atoms with E-state index in [2.05, 4.69) is 0 Å². The maximum atomic E-state index is 15.7. The van der Waals surface area contributed by atoms with Gasteiger partial charge < -0.3 is 43.7 Å². The van der Waals surface area contributed by atoms with Crippen molar-refractivity contribution in [2.24, 2.45) is 16.7 Å². The summed E-state index contributed by atoms with van der Waals surface area (Å²) in [5, 5.41) is 37.5. The summed E-state index contributed by atoms with van der Waals surface area (Å²) in [6, 6.07) is 25.1. The average molecular weight is 998 g/mol. The summed E-state index contributed by atoms with van der Waals surface area (Å²) in [7, 11) is 0. The van der Waals surface area contributed by atoms with Crippen LogP contribution in [0.1, 0.15) is 50.9 Å². The fourth-order valence-corrected chi connectivity index (χ4v) is 9.17. The molecule has 0 spiro atoms. The number of para-hydroxylation sites is 2. The van der Waals surface area contributed by atoms with Crippen LogP contribution in [0.25, 0.3) is 0 Å². The fraction of sp³-hybridized carbons (Fsp3) is 0.442. The number of ketones is 1. The van der Waals surface area contributed by atoms with E-state index in [1.54, 1.807) is 99.6 Å². The number of carbonyl (C=O) groups excluding carboxylic acids is 4. The van der Waals surface area contributed by atoms with Gasteiger partial charge in [0.15, 0.2) is 25.1 Å². The molecular formula is C43H46AcO13. The van der Waals surface area contributed by atoms with Crippen molar-refractivity contribution in [3.05, 3.63) is 108 Å². The second-order valence-electron chi connectivity index (χ2n) is 15.8. The van der Waals surface area contributed by atoms with Gasteiger partial charge in [0, 0.05) is 68.2 Å². The molecule has 2 bridgehead atoms. The largest absolute Gasteiger partial charge is 0.482 e. The zero-order chi connectivity index (χ0) is 40.0. The van der Waals surface area contributed by atoms with Gasteiger partial charge in [0.25, 0.3) is 0 Å². The number of aliphatic hydroxyl groups is 3. The van der Waals surface area contributed by atoms with E-state index in [4.69, 9.17) is 28.4 Å². The van der Waals surface area contributed by atoms with Crippen LogP contribution in [-0.2, 0) is 33.3 Å². The van der Waals surface area contributed by atoms with Gasteiger partial charge in [-0.15, -0.1) is 0 Å². The van der Waals surface area contributed by atoms with Crippen molar-refractivity contribution in [1.29, 1.82) is 0 Å². The minimum Gasteiger partial charge on any atom is -0.482 e. The van der Waals surface area contributed by atoms with Crippen LogP contribution in [0, 0.1) is 60.8 Å². The Hall–Kier alpha value is -3.64. The molecule has 3 aliphatic carbocycles. The molecule has 1 saturated heterocycles. The number of fused-ring (bicyclic) bond motifs is 5. The monoisotopic (exact) mass is 997 g/mol. The summed E-state index contributed by atoms with van der Waals surface area (Å²) in [5.41, 5.74) is -7.26. The third kappa shape index (κ3) is 7.58. The number of hydrogen-bond donors (Lipinski definition) is 3. The molecule has 13 nitrogen and oxygen atoms in total. The average Bonchev–Trinajstić information content (AvgIpc) is 3.18. The molecule has 9 atom stereocenters. The molecule has 7 rings (SSSR count). The predicted molar refractivity (Wildman–Crippen MR) is 197 cm³/mol. The van der Waals surface area contributed by atoms with Gasteiger partial charge in [-0.05, 0) is 61.4 Å². The van der Waals surface area contributed by atoms with E-state index in [-0.39, 0.29) is 73.8 Å². The van der Waals surface area contributed by atoms with Gasteiger partial charge >= 0.3 is 17.9 Å². The van der Waals surface area contributed by atoms with Crippen LogP contribution in [0.2, 0.25) is 0 Å². The topological polar surface area (TPSA) is 184 Å². The first-order chi connectivity index (χ1) is 26.6. The van der Waals surface area contributed by atoms with Crippen LogP contribution < -0.4 is 9.47 Å². The Labute approximate surface area is 366 Å². The Kier molecular flexibility index (Phi) is 12.5. The molecule has 3 aromatic rings. The SMILES string of the molecule is CC1=C2C(OC(=O)COc3ccccc3)C(=O)C3(C)C(OC(=O)COc4ccccc4)CC4OCC4(O)C3[C@H](OC(=O)c3ccccc3)C(O)(CC1O)C2(C)C.[Ac]. The summed E-state index contributed by atoms with van der Waals surface area (Å²) < 4.78 is 35.6. The van der Waals surface area contributed by atoms with Crippen molar-refractivity contribution in [2.45, 2.75) is 82.3 Å². The molecule has 14 heteroatoms. The van der Waals surface area contributed by atoms with Gasteiger partial charge in [-0.3, -0.25) is 4.79 Å². The normalized spacial score (nSPS) is 32.4. The fourth-order valence-electron chi connectivity index (χ4n) is 9.17. The van der Waals surface area contributed by atoms with E-state index in [1.165, 1.54) is 19.1 Å². The standard InChI is InChI=1S/C43H46O13.Ac/c1-25-29(44)21-43(50)38(56-39(48)26-14-8-5-9-15-26)36-41(4,30(20-31-42(36,49)24-53-31)54-32(45)22-51-27-16-10-6-11-17-27)37(47)35(34(25)40(43,2)3)55-33(46)23-52-28-18-12-7-13-19-28;/h5-19,29-31,35-36,38,44,49-50H,20-24H2,1-4H3;/t29?,30?,31?,35?,36?,38-,41?,42?,43?;/m0./s1. The van der Waals surface area contributed by atoms with Gasteiger partial charge in [-0.1, -0.05) is 68.4 Å². The van der Waals surface area contributed by atoms with E-state index in [0.29, 0.717) is 11.5 Å². The van der Waals surface area contributed by atoms with Crippen molar-refractivity contribution < 1.29 is 107 Å². The molecular weight excluding hydrogens is 951 g/mol. The molecule has 4 aliphatic rings. The Morgan fingerprint density at radius 2 is 1.32 bits per heavy atom. The zero-order valence-electron chi connectivity index (χ0n) is 32.2. The maximum Gasteiger partial charge on any atom is 0.345 e. The van der Waals surface area contributed by atoms with Crippen LogP contribution in [0.5, 0.6) is 11.5 Å². The number of hydrogen-bond acceptors (Lipinski definition) is 13. The molecule has 1 heterocycles. The van der Waals surface area contributed by atoms with E-state index in [9.17, 15) is 29.7 Å². The smallest absolute Gasteiger partial charge is 0.345 e. The summed E-state index contributed by atoms with van der Waals surface area (Å²) >= 11 is 0. The van der Waals surface area contributed by atoms with Crippen LogP contribution in [0.3, 0.4) is 0 Å². The van der Waals surface area contributed by atoms with E-state index in [1.807, 2.05) is 0 Å². The molecule has 0 amide bonds. The Bertz CT molecular complexity index is 2010. The second kappa shape index (κ2) is 16.5. The molecule has 1 aliphatic heterocycles. The Morgan fingerprint density at radius 1 is 0.789 bits per heavy atom. The molecule has 3 fully saturated rings. The van der Waals surface area contributed by atoms with Crippen molar-refractivity contribution in [3.8, 4) is 11.5 Å². The zero-order valence-corrected chi connectivity index (χ0v) is 36.9. The van der Waals surface area contributed by atoms with E-state index in [0.717, 1.165) is 0 Å². The number of benzene rings is 3. The summed E-state index contributed by atoms with van der Waals surface area (Å²) in [6.07, 6.45) is -7.86. The molecule has 299 valence electrons. The summed E-state index contributed by atoms with van der Waals surface area (Å²) in [5.74, 6) is -4.24. The van der Waals surface area contributed by atoms with Gasteiger partial charge in [0.05, 0.1) is 29.8 Å². The quantitative estimate of drug-likeness (QED) is 0.152. The number of rotatable bonds is 10. The first-order valence-corrected chi connectivity index (χ1v) is 18.6. The Morgan fingerprint density at radius 3 is 1.84 bits per heavy atom. The second-order valence-corrected chi connectivity index (χ2v) is 15.8. The maximum absolute atomic E-state index is 15.7. The molecule has 3 N–H and O–H groups in total. The number of esters is 3.